The van der Waals surface area contributed by atoms with Crippen molar-refractivity contribution in [1.82, 2.24) is 0 Å². The lowest BCUT2D eigenvalue weighted by atomic mass is 10.1. The Labute approximate surface area is 92.4 Å². The van der Waals surface area contributed by atoms with Crippen molar-refractivity contribution in [2.75, 3.05) is 0 Å². The summed E-state index contributed by atoms with van der Waals surface area (Å²) in [5.41, 5.74) is 1.54. The minimum atomic E-state index is -0.292. The molecule has 74 valence electrons. The summed E-state index contributed by atoms with van der Waals surface area (Å²) >= 11 is 1.66. The van der Waals surface area contributed by atoms with Crippen molar-refractivity contribution in [2.24, 2.45) is 0 Å². The maximum Gasteiger partial charge on any atom is 0.124 e. The molecule has 0 saturated carbocycles. The lowest BCUT2D eigenvalue weighted by Crippen LogP contribution is -1.83. The maximum atomic E-state index is 13.0. The van der Waals surface area contributed by atoms with Crippen molar-refractivity contribution in [3.8, 4) is 22.8 Å². The number of hydrogen-bond donors (Lipinski definition) is 0. The van der Waals surface area contributed by atoms with Gasteiger partial charge in [0.25, 0.3) is 0 Å². The number of terminal acetylenes is 1. The monoisotopic (exact) mass is 216 g/mol. The normalized spacial score (nSPS) is 9.93. The number of hydrogen-bond acceptors (Lipinski definition) is 1. The fraction of sp³-hybridized carbons (Fsp3) is 0.0769. The van der Waals surface area contributed by atoms with Gasteiger partial charge in [0.05, 0.1) is 0 Å². The molecule has 0 atom stereocenters. The molecule has 0 aliphatic heterocycles. The summed E-state index contributed by atoms with van der Waals surface area (Å²) in [6, 6.07) is 8.60. The summed E-state index contributed by atoms with van der Waals surface area (Å²) in [5.74, 6) is 2.22. The number of thiophene rings is 1. The molecule has 0 N–H and O–H groups in total. The van der Waals surface area contributed by atoms with E-state index >= 15 is 0 Å². The molecule has 0 aliphatic rings. The molecule has 0 spiro atoms. The maximum absolute atomic E-state index is 13.0. The zero-order valence-corrected chi connectivity index (χ0v) is 9.07. The largest absolute Gasteiger partial charge is 0.207 e. The van der Waals surface area contributed by atoms with Crippen LogP contribution in [0.1, 0.15) is 10.4 Å². The summed E-state index contributed by atoms with van der Waals surface area (Å²) in [7, 11) is 0. The highest BCUT2D eigenvalue weighted by atomic mass is 32.1. The van der Waals surface area contributed by atoms with Crippen molar-refractivity contribution in [3.05, 3.63) is 46.6 Å². The van der Waals surface area contributed by atoms with Gasteiger partial charge in [-0.1, -0.05) is 5.92 Å². The van der Waals surface area contributed by atoms with E-state index in [9.17, 15) is 4.39 Å². The topological polar surface area (TPSA) is 0 Å². The molecule has 0 unspecified atom stereocenters. The fourth-order valence-electron chi connectivity index (χ4n) is 1.43. The highest BCUT2D eigenvalue weighted by Crippen LogP contribution is 2.30. The van der Waals surface area contributed by atoms with Gasteiger partial charge in [-0.2, -0.15) is 0 Å². The summed E-state index contributed by atoms with van der Waals surface area (Å²) in [5, 5.41) is 0. The average molecular weight is 216 g/mol. The zero-order valence-electron chi connectivity index (χ0n) is 8.25. The molecule has 2 aromatic rings. The molecular weight excluding hydrogens is 207 g/mol. The van der Waals surface area contributed by atoms with E-state index in [1.807, 2.05) is 19.1 Å². The second kappa shape index (κ2) is 3.88. The van der Waals surface area contributed by atoms with Gasteiger partial charge in [0.15, 0.2) is 0 Å². The Morgan fingerprint density at radius 2 is 2.07 bits per heavy atom. The van der Waals surface area contributed by atoms with Crippen molar-refractivity contribution in [2.45, 2.75) is 6.92 Å². The van der Waals surface area contributed by atoms with Crippen LogP contribution in [0.15, 0.2) is 30.3 Å². The van der Waals surface area contributed by atoms with Gasteiger partial charge in [-0.15, -0.1) is 17.8 Å². The number of halogens is 1. The highest BCUT2D eigenvalue weighted by molar-refractivity contribution is 7.15. The van der Waals surface area contributed by atoms with E-state index in [1.54, 1.807) is 17.4 Å². The quantitative estimate of drug-likeness (QED) is 0.635. The Morgan fingerprint density at radius 3 is 2.67 bits per heavy atom. The molecule has 0 amide bonds. The van der Waals surface area contributed by atoms with Crippen molar-refractivity contribution in [3.63, 3.8) is 0 Å². The van der Waals surface area contributed by atoms with E-state index in [4.69, 9.17) is 6.42 Å². The molecule has 2 rings (SSSR count). The number of benzene rings is 1. The van der Waals surface area contributed by atoms with Crippen LogP contribution in [0, 0.1) is 25.1 Å². The van der Waals surface area contributed by atoms with Gasteiger partial charge in [-0.05, 0) is 37.3 Å². The minimum Gasteiger partial charge on any atom is -0.207 e. The molecule has 1 aromatic carbocycles. The van der Waals surface area contributed by atoms with E-state index in [-0.39, 0.29) is 5.82 Å². The van der Waals surface area contributed by atoms with Gasteiger partial charge in [0.2, 0.25) is 0 Å². The van der Waals surface area contributed by atoms with Gasteiger partial charge >= 0.3 is 0 Å². The van der Waals surface area contributed by atoms with E-state index in [1.165, 1.54) is 17.0 Å². The van der Waals surface area contributed by atoms with Crippen LogP contribution in [0.25, 0.3) is 10.4 Å². The van der Waals surface area contributed by atoms with Crippen molar-refractivity contribution < 1.29 is 4.39 Å². The smallest absolute Gasteiger partial charge is 0.124 e. The van der Waals surface area contributed by atoms with Gasteiger partial charge < -0.3 is 0 Å². The van der Waals surface area contributed by atoms with E-state index in [0.29, 0.717) is 5.56 Å². The molecular formula is C13H9FS. The summed E-state index contributed by atoms with van der Waals surface area (Å²) in [6.45, 7) is 2.03. The second-order valence-electron chi connectivity index (χ2n) is 3.24. The lowest BCUT2D eigenvalue weighted by molar-refractivity contribution is 0.627. The molecule has 0 radical (unpaired) electrons. The first kappa shape index (κ1) is 9.95. The molecule has 0 aliphatic carbocycles. The summed E-state index contributed by atoms with van der Waals surface area (Å²) in [6.07, 6.45) is 5.35. The Balaban J connectivity index is 2.58. The van der Waals surface area contributed by atoms with Gasteiger partial charge in [-0.3, -0.25) is 0 Å². The Hall–Kier alpha value is -1.59. The van der Waals surface area contributed by atoms with Crippen LogP contribution >= 0.6 is 11.3 Å². The molecule has 1 aromatic heterocycles. The number of aryl methyl sites for hydroxylation is 1. The van der Waals surface area contributed by atoms with Crippen LogP contribution in [-0.4, -0.2) is 0 Å². The second-order valence-corrected chi connectivity index (χ2v) is 4.53. The molecule has 15 heavy (non-hydrogen) atoms. The van der Waals surface area contributed by atoms with Crippen LogP contribution in [0.5, 0.6) is 0 Å². The van der Waals surface area contributed by atoms with E-state index < -0.39 is 0 Å². The van der Waals surface area contributed by atoms with E-state index in [0.717, 1.165) is 10.4 Å². The zero-order chi connectivity index (χ0) is 10.8. The Bertz CT molecular complexity index is 532. The molecule has 0 bridgehead atoms. The average Bonchev–Trinajstić information content (AvgIpc) is 2.64. The molecule has 0 nitrogen and oxygen atoms in total. The van der Waals surface area contributed by atoms with Crippen LogP contribution in [0.2, 0.25) is 0 Å². The first-order chi connectivity index (χ1) is 7.20. The first-order valence-electron chi connectivity index (χ1n) is 4.53. The Kier molecular flexibility index (Phi) is 2.57. The van der Waals surface area contributed by atoms with Gasteiger partial charge in [0.1, 0.15) is 5.82 Å². The third-order valence-electron chi connectivity index (χ3n) is 2.14. The minimum absolute atomic E-state index is 0.292. The molecule has 0 fully saturated rings. The van der Waals surface area contributed by atoms with Crippen LogP contribution in [0.4, 0.5) is 4.39 Å². The number of rotatable bonds is 1. The van der Waals surface area contributed by atoms with Crippen LogP contribution in [0.3, 0.4) is 0 Å². The Morgan fingerprint density at radius 1 is 1.27 bits per heavy atom. The SMILES string of the molecule is C#Cc1cc(F)ccc1-c1ccc(C)s1. The molecule has 1 heterocycles. The third-order valence-corrected chi connectivity index (χ3v) is 3.18. The predicted molar refractivity (Wildman–Crippen MR) is 62.4 cm³/mol. The molecule has 2 heteroatoms. The highest BCUT2D eigenvalue weighted by Gasteiger charge is 2.06. The van der Waals surface area contributed by atoms with E-state index in [2.05, 4.69) is 5.92 Å². The van der Waals surface area contributed by atoms with Crippen LogP contribution < -0.4 is 0 Å². The van der Waals surface area contributed by atoms with Gasteiger partial charge in [-0.25, -0.2) is 4.39 Å². The standard InChI is InChI=1S/C13H9FS/c1-3-10-8-11(14)5-6-12(10)13-7-4-9(2)15-13/h1,4-8H,2H3. The van der Waals surface area contributed by atoms with Gasteiger partial charge in [0, 0.05) is 20.9 Å². The predicted octanol–water partition coefficient (Wildman–Crippen LogP) is 3.84. The third kappa shape index (κ3) is 1.93. The summed E-state index contributed by atoms with van der Waals surface area (Å²) < 4.78 is 13.0. The first-order valence-corrected chi connectivity index (χ1v) is 5.35. The van der Waals surface area contributed by atoms with Crippen molar-refractivity contribution >= 4 is 11.3 Å². The lowest BCUT2D eigenvalue weighted by Gasteiger charge is -2.01. The fourth-order valence-corrected chi connectivity index (χ4v) is 2.34. The van der Waals surface area contributed by atoms with Crippen molar-refractivity contribution in [1.29, 1.82) is 0 Å². The molecule has 0 saturated heterocycles. The van der Waals surface area contributed by atoms with Crippen LogP contribution in [-0.2, 0) is 0 Å². The summed E-state index contributed by atoms with van der Waals surface area (Å²) in [4.78, 5) is 2.30.